The number of imidazole rings is 1. The zero-order valence-corrected chi connectivity index (χ0v) is 13.9. The summed E-state index contributed by atoms with van der Waals surface area (Å²) in [5.74, 6) is 1.60. The summed E-state index contributed by atoms with van der Waals surface area (Å²) in [6.45, 7) is 3.47. The molecule has 0 radical (unpaired) electrons. The summed E-state index contributed by atoms with van der Waals surface area (Å²) in [4.78, 5) is 30.3. The van der Waals surface area contributed by atoms with Crippen LogP contribution in [0.4, 0.5) is 0 Å². The molecule has 122 valence electrons. The van der Waals surface area contributed by atoms with Gasteiger partial charge in [-0.2, -0.15) is 0 Å². The summed E-state index contributed by atoms with van der Waals surface area (Å²) in [5.41, 5.74) is 2.73. The van der Waals surface area contributed by atoms with Crippen molar-refractivity contribution >= 4 is 17.5 Å². The van der Waals surface area contributed by atoms with Gasteiger partial charge < -0.3 is 9.88 Å². The number of H-pyrrole nitrogens is 1. The third-order valence-electron chi connectivity index (χ3n) is 4.17. The summed E-state index contributed by atoms with van der Waals surface area (Å²) in [6.07, 6.45) is 7.55. The number of rotatable bonds is 4. The number of likely N-dealkylation sites (tertiary alicyclic amines) is 1. The number of aryl methyl sites for hydroxylation is 1. The van der Waals surface area contributed by atoms with E-state index in [0.717, 1.165) is 48.8 Å². The summed E-state index contributed by atoms with van der Waals surface area (Å²) < 4.78 is 0. The van der Waals surface area contributed by atoms with Gasteiger partial charge in [-0.25, -0.2) is 9.97 Å². The van der Waals surface area contributed by atoms with Gasteiger partial charge in [0.25, 0.3) is 0 Å². The highest BCUT2D eigenvalue weighted by Gasteiger charge is 2.24. The minimum atomic E-state index is 0.143. The Labute approximate surface area is 140 Å². The summed E-state index contributed by atoms with van der Waals surface area (Å²) in [5, 5.41) is 0. The van der Waals surface area contributed by atoms with Crippen LogP contribution in [0.25, 0.3) is 11.5 Å². The number of aromatic amines is 1. The van der Waals surface area contributed by atoms with E-state index in [4.69, 9.17) is 16.6 Å². The third kappa shape index (κ3) is 3.69. The van der Waals surface area contributed by atoms with Crippen LogP contribution in [0.3, 0.4) is 0 Å². The molecule has 0 spiro atoms. The van der Waals surface area contributed by atoms with E-state index in [1.54, 1.807) is 12.4 Å². The zero-order valence-electron chi connectivity index (χ0n) is 13.1. The second-order valence-electron chi connectivity index (χ2n) is 5.84. The van der Waals surface area contributed by atoms with Gasteiger partial charge in [-0.3, -0.25) is 9.78 Å². The molecule has 0 atom stereocenters. The molecular weight excluding hydrogens is 314 g/mol. The van der Waals surface area contributed by atoms with Gasteiger partial charge in [-0.05, 0) is 19.8 Å². The number of hydrogen-bond donors (Lipinski definition) is 1. The van der Waals surface area contributed by atoms with E-state index in [0.29, 0.717) is 18.2 Å². The summed E-state index contributed by atoms with van der Waals surface area (Å²) >= 11 is 5.64. The number of halogens is 1. The first kappa shape index (κ1) is 15.9. The molecule has 7 heteroatoms. The van der Waals surface area contributed by atoms with Crippen LogP contribution in [0.15, 0.2) is 18.6 Å². The molecule has 1 fully saturated rings. The molecule has 1 aliphatic heterocycles. The molecule has 1 N–H and O–H groups in total. The monoisotopic (exact) mass is 333 g/mol. The Morgan fingerprint density at radius 1 is 1.35 bits per heavy atom. The number of nitrogens with zero attached hydrogens (tertiary/aromatic N) is 4. The van der Waals surface area contributed by atoms with Gasteiger partial charge in [0, 0.05) is 49.4 Å². The smallest absolute Gasteiger partial charge is 0.223 e. The molecule has 2 aromatic rings. The van der Waals surface area contributed by atoms with E-state index in [-0.39, 0.29) is 5.91 Å². The molecule has 6 nitrogen and oxygen atoms in total. The minimum Gasteiger partial charge on any atom is -0.343 e. The lowest BCUT2D eigenvalue weighted by Gasteiger charge is -2.31. The first-order valence-electron chi connectivity index (χ1n) is 7.85. The molecule has 1 aliphatic rings. The van der Waals surface area contributed by atoms with Crippen molar-refractivity contribution in [1.82, 2.24) is 24.8 Å². The summed E-state index contributed by atoms with van der Waals surface area (Å²) in [7, 11) is 0. The van der Waals surface area contributed by atoms with Gasteiger partial charge in [0.05, 0.1) is 11.9 Å². The number of carbonyl (C=O) groups is 1. The number of amides is 1. The van der Waals surface area contributed by atoms with Gasteiger partial charge in [0.15, 0.2) is 5.82 Å². The second kappa shape index (κ2) is 7.08. The Kier molecular flexibility index (Phi) is 4.91. The van der Waals surface area contributed by atoms with Crippen LogP contribution in [0.5, 0.6) is 0 Å². The topological polar surface area (TPSA) is 74.8 Å². The lowest BCUT2D eigenvalue weighted by atomic mass is 9.93. The van der Waals surface area contributed by atoms with E-state index in [1.807, 2.05) is 18.0 Å². The van der Waals surface area contributed by atoms with Crippen molar-refractivity contribution in [3.8, 4) is 11.5 Å². The van der Waals surface area contributed by atoms with Crippen molar-refractivity contribution in [2.45, 2.75) is 32.1 Å². The minimum absolute atomic E-state index is 0.143. The second-order valence-corrected chi connectivity index (χ2v) is 6.22. The van der Waals surface area contributed by atoms with E-state index in [9.17, 15) is 4.79 Å². The highest BCUT2D eigenvalue weighted by molar-refractivity contribution is 6.18. The molecule has 0 saturated carbocycles. The number of alkyl halides is 1. The SMILES string of the molecule is Cc1cnc(-c2cncc(C3CCN(C(=O)CCCl)CC3)n2)[nH]1. The van der Waals surface area contributed by atoms with Gasteiger partial charge in [0.1, 0.15) is 5.69 Å². The molecule has 0 bridgehead atoms. The quantitative estimate of drug-likeness (QED) is 0.872. The van der Waals surface area contributed by atoms with Crippen molar-refractivity contribution < 1.29 is 4.79 Å². The molecule has 0 aromatic carbocycles. The van der Waals surface area contributed by atoms with Crippen LogP contribution >= 0.6 is 11.6 Å². The van der Waals surface area contributed by atoms with Crippen LogP contribution in [0.2, 0.25) is 0 Å². The van der Waals surface area contributed by atoms with Crippen LogP contribution in [-0.2, 0) is 4.79 Å². The van der Waals surface area contributed by atoms with Gasteiger partial charge in [0.2, 0.25) is 5.91 Å². The molecule has 3 rings (SSSR count). The largest absolute Gasteiger partial charge is 0.343 e. The first-order valence-corrected chi connectivity index (χ1v) is 8.38. The Hall–Kier alpha value is -1.95. The van der Waals surface area contributed by atoms with Crippen LogP contribution in [-0.4, -0.2) is 49.7 Å². The molecule has 0 unspecified atom stereocenters. The first-order chi connectivity index (χ1) is 11.2. The van der Waals surface area contributed by atoms with Gasteiger partial charge in [-0.15, -0.1) is 11.6 Å². The lowest BCUT2D eigenvalue weighted by Crippen LogP contribution is -2.38. The van der Waals surface area contributed by atoms with Crippen molar-refractivity contribution in [2.24, 2.45) is 0 Å². The van der Waals surface area contributed by atoms with Crippen molar-refractivity contribution in [3.05, 3.63) is 30.0 Å². The fourth-order valence-electron chi connectivity index (χ4n) is 2.90. The van der Waals surface area contributed by atoms with Crippen LogP contribution < -0.4 is 0 Å². The number of piperidine rings is 1. The van der Waals surface area contributed by atoms with Crippen molar-refractivity contribution in [3.63, 3.8) is 0 Å². The Morgan fingerprint density at radius 3 is 2.78 bits per heavy atom. The third-order valence-corrected chi connectivity index (χ3v) is 4.36. The van der Waals surface area contributed by atoms with E-state index >= 15 is 0 Å². The molecule has 3 heterocycles. The highest BCUT2D eigenvalue weighted by atomic mass is 35.5. The fourth-order valence-corrected chi connectivity index (χ4v) is 3.06. The molecule has 1 amide bonds. The van der Waals surface area contributed by atoms with E-state index in [2.05, 4.69) is 15.0 Å². The van der Waals surface area contributed by atoms with Crippen molar-refractivity contribution in [2.75, 3.05) is 19.0 Å². The van der Waals surface area contributed by atoms with Crippen LogP contribution in [0.1, 0.15) is 36.6 Å². The van der Waals surface area contributed by atoms with Crippen molar-refractivity contribution in [1.29, 1.82) is 0 Å². The number of nitrogens with one attached hydrogen (secondary N) is 1. The average Bonchev–Trinajstić information content (AvgIpc) is 3.02. The maximum atomic E-state index is 11.9. The number of carbonyl (C=O) groups excluding carboxylic acids is 1. The predicted octanol–water partition coefficient (Wildman–Crippen LogP) is 2.51. The van der Waals surface area contributed by atoms with E-state index in [1.165, 1.54) is 0 Å². The Bertz CT molecular complexity index is 679. The maximum absolute atomic E-state index is 11.9. The molecule has 1 saturated heterocycles. The average molecular weight is 334 g/mol. The standard InChI is InChI=1S/C16H20ClN5O/c1-11-8-19-16(20-11)14-10-18-9-13(21-14)12-3-6-22(7-4-12)15(23)2-5-17/h8-10,12H,2-7H2,1H3,(H,19,20). The normalized spacial score (nSPS) is 15.8. The number of aromatic nitrogens is 4. The Balaban J connectivity index is 1.68. The predicted molar refractivity (Wildman–Crippen MR) is 88.2 cm³/mol. The summed E-state index contributed by atoms with van der Waals surface area (Å²) in [6, 6.07) is 0. The maximum Gasteiger partial charge on any atom is 0.223 e. The Morgan fingerprint density at radius 2 is 2.13 bits per heavy atom. The number of hydrogen-bond acceptors (Lipinski definition) is 4. The fraction of sp³-hybridized carbons (Fsp3) is 0.500. The van der Waals surface area contributed by atoms with Gasteiger partial charge in [-0.1, -0.05) is 0 Å². The van der Waals surface area contributed by atoms with Crippen LogP contribution in [0, 0.1) is 6.92 Å². The molecule has 2 aromatic heterocycles. The highest BCUT2D eigenvalue weighted by Crippen LogP contribution is 2.27. The van der Waals surface area contributed by atoms with E-state index < -0.39 is 0 Å². The zero-order chi connectivity index (χ0) is 16.2. The molecule has 0 aliphatic carbocycles. The van der Waals surface area contributed by atoms with Gasteiger partial charge >= 0.3 is 0 Å². The lowest BCUT2D eigenvalue weighted by molar-refractivity contribution is -0.131. The molecule has 23 heavy (non-hydrogen) atoms. The molecular formula is C16H20ClN5O.